The molecule has 0 saturated heterocycles. The van der Waals surface area contributed by atoms with Gasteiger partial charge in [0.05, 0.1) is 17.3 Å². The molecule has 3 unspecified atom stereocenters. The molecule has 0 amide bonds. The van der Waals surface area contributed by atoms with Crippen LogP contribution < -0.4 is 0 Å². The first-order chi connectivity index (χ1) is 9.28. The first-order valence-corrected chi connectivity index (χ1v) is 6.88. The Kier molecular flexibility index (Phi) is 2.33. The standard InChI is InChI=1S/C13H13ClN4O/c14-9-3-4-11-10(6-9)15-17-18(11)13-8-2-1-7(5-8)12(13)16-19/h3-4,6-8,13,19H,1-2,5H2/b16-12-. The summed E-state index contributed by atoms with van der Waals surface area (Å²) < 4.78 is 1.89. The van der Waals surface area contributed by atoms with E-state index in [2.05, 4.69) is 15.5 Å². The number of hydrogen-bond acceptors (Lipinski definition) is 4. The highest BCUT2D eigenvalue weighted by Crippen LogP contribution is 2.49. The predicted molar refractivity (Wildman–Crippen MR) is 71.6 cm³/mol. The number of oxime groups is 1. The third-order valence-electron chi connectivity index (χ3n) is 4.45. The average molecular weight is 277 g/mol. The molecule has 1 heterocycles. The molecule has 2 fully saturated rings. The van der Waals surface area contributed by atoms with E-state index >= 15 is 0 Å². The zero-order valence-corrected chi connectivity index (χ0v) is 11.0. The van der Waals surface area contributed by atoms with Gasteiger partial charge in [-0.1, -0.05) is 22.0 Å². The third-order valence-corrected chi connectivity index (χ3v) is 4.69. The topological polar surface area (TPSA) is 63.3 Å². The fraction of sp³-hybridized carbons (Fsp3) is 0.462. The number of nitrogens with zero attached hydrogens (tertiary/aromatic N) is 4. The first-order valence-electron chi connectivity index (χ1n) is 6.50. The Balaban J connectivity index is 1.86. The Bertz CT molecular complexity index is 680. The fourth-order valence-electron chi connectivity index (χ4n) is 3.64. The molecule has 5 nitrogen and oxygen atoms in total. The highest BCUT2D eigenvalue weighted by atomic mass is 35.5. The van der Waals surface area contributed by atoms with E-state index in [0.29, 0.717) is 16.9 Å². The summed E-state index contributed by atoms with van der Waals surface area (Å²) in [5.41, 5.74) is 2.59. The fourth-order valence-corrected chi connectivity index (χ4v) is 3.81. The normalized spacial score (nSPS) is 31.6. The minimum atomic E-state index is 0.0509. The van der Waals surface area contributed by atoms with Crippen molar-refractivity contribution in [3.8, 4) is 0 Å². The molecule has 1 aromatic heterocycles. The van der Waals surface area contributed by atoms with E-state index in [4.69, 9.17) is 11.6 Å². The minimum Gasteiger partial charge on any atom is -0.411 e. The molecule has 2 aromatic rings. The van der Waals surface area contributed by atoms with Gasteiger partial charge < -0.3 is 5.21 Å². The van der Waals surface area contributed by atoms with Gasteiger partial charge >= 0.3 is 0 Å². The zero-order chi connectivity index (χ0) is 13.0. The van der Waals surface area contributed by atoms with Crippen molar-refractivity contribution in [2.24, 2.45) is 17.0 Å². The molecule has 2 aliphatic rings. The Hall–Kier alpha value is -1.62. The van der Waals surface area contributed by atoms with Crippen molar-refractivity contribution in [2.45, 2.75) is 25.3 Å². The maximum absolute atomic E-state index is 9.28. The molecule has 0 radical (unpaired) electrons. The van der Waals surface area contributed by atoms with Gasteiger partial charge in [-0.2, -0.15) is 0 Å². The van der Waals surface area contributed by atoms with Crippen LogP contribution in [0.3, 0.4) is 0 Å². The smallest absolute Gasteiger partial charge is 0.114 e. The predicted octanol–water partition coefficient (Wildman–Crippen LogP) is 2.89. The van der Waals surface area contributed by atoms with E-state index < -0.39 is 0 Å². The lowest BCUT2D eigenvalue weighted by Gasteiger charge is -2.23. The average Bonchev–Trinajstić information content (AvgIpc) is 3.10. The second-order valence-electron chi connectivity index (χ2n) is 5.41. The summed E-state index contributed by atoms with van der Waals surface area (Å²) in [6.45, 7) is 0. The van der Waals surface area contributed by atoms with Crippen LogP contribution in [0.5, 0.6) is 0 Å². The van der Waals surface area contributed by atoms with Crippen LogP contribution in [-0.2, 0) is 0 Å². The largest absolute Gasteiger partial charge is 0.411 e. The van der Waals surface area contributed by atoms with E-state index in [9.17, 15) is 5.21 Å². The van der Waals surface area contributed by atoms with E-state index in [1.54, 1.807) is 0 Å². The number of hydrogen-bond donors (Lipinski definition) is 1. The molecule has 2 saturated carbocycles. The lowest BCUT2D eigenvalue weighted by Crippen LogP contribution is -2.26. The van der Waals surface area contributed by atoms with Gasteiger partial charge in [0.15, 0.2) is 0 Å². The Morgan fingerprint density at radius 2 is 2.26 bits per heavy atom. The molecule has 0 aliphatic heterocycles. The molecule has 6 heteroatoms. The van der Waals surface area contributed by atoms with Gasteiger partial charge in [-0.3, -0.25) is 0 Å². The van der Waals surface area contributed by atoms with Gasteiger partial charge in [-0.15, -0.1) is 5.10 Å². The SMILES string of the molecule is O/N=C1/C2CCC(C2)C1n1nnc2cc(Cl)ccc21. The summed E-state index contributed by atoms with van der Waals surface area (Å²) in [6, 6.07) is 5.63. The van der Waals surface area contributed by atoms with Crippen molar-refractivity contribution < 1.29 is 5.21 Å². The molecule has 1 N–H and O–H groups in total. The van der Waals surface area contributed by atoms with Crippen LogP contribution in [0.1, 0.15) is 25.3 Å². The van der Waals surface area contributed by atoms with Crippen molar-refractivity contribution in [3.05, 3.63) is 23.2 Å². The van der Waals surface area contributed by atoms with Gasteiger partial charge in [0.1, 0.15) is 5.52 Å². The van der Waals surface area contributed by atoms with Crippen LogP contribution in [-0.4, -0.2) is 25.9 Å². The molecular weight excluding hydrogens is 264 g/mol. The molecule has 2 bridgehead atoms. The monoisotopic (exact) mass is 276 g/mol. The summed E-state index contributed by atoms with van der Waals surface area (Å²) in [5, 5.41) is 21.9. The van der Waals surface area contributed by atoms with E-state index in [1.807, 2.05) is 22.9 Å². The molecule has 4 rings (SSSR count). The Morgan fingerprint density at radius 1 is 1.37 bits per heavy atom. The molecule has 1 aromatic carbocycles. The molecular formula is C13H13ClN4O. The minimum absolute atomic E-state index is 0.0509. The number of aromatic nitrogens is 3. The van der Waals surface area contributed by atoms with Crippen molar-refractivity contribution >= 4 is 28.3 Å². The van der Waals surface area contributed by atoms with Gasteiger partial charge in [0.2, 0.25) is 0 Å². The molecule has 3 atom stereocenters. The van der Waals surface area contributed by atoms with Gasteiger partial charge in [-0.05, 0) is 43.4 Å². The number of halogens is 1. The second-order valence-corrected chi connectivity index (χ2v) is 5.84. The van der Waals surface area contributed by atoms with Crippen LogP contribution in [0.2, 0.25) is 5.02 Å². The number of fused-ring (bicyclic) bond motifs is 3. The summed E-state index contributed by atoms with van der Waals surface area (Å²) in [6.07, 6.45) is 3.39. The molecule has 2 aliphatic carbocycles. The molecule has 98 valence electrons. The van der Waals surface area contributed by atoms with Crippen molar-refractivity contribution in [3.63, 3.8) is 0 Å². The Morgan fingerprint density at radius 3 is 3.11 bits per heavy atom. The third kappa shape index (κ3) is 1.51. The van der Waals surface area contributed by atoms with Crippen LogP contribution in [0.25, 0.3) is 11.0 Å². The van der Waals surface area contributed by atoms with Gasteiger partial charge in [0.25, 0.3) is 0 Å². The maximum atomic E-state index is 9.28. The number of rotatable bonds is 1. The molecule has 0 spiro atoms. The highest BCUT2D eigenvalue weighted by Gasteiger charge is 2.47. The summed E-state index contributed by atoms with van der Waals surface area (Å²) in [4.78, 5) is 0. The van der Waals surface area contributed by atoms with Gasteiger partial charge in [-0.25, -0.2) is 4.68 Å². The van der Waals surface area contributed by atoms with E-state index in [0.717, 1.165) is 29.6 Å². The number of benzene rings is 1. The molecule has 19 heavy (non-hydrogen) atoms. The highest BCUT2D eigenvalue weighted by molar-refractivity contribution is 6.31. The van der Waals surface area contributed by atoms with Crippen LogP contribution in [0, 0.1) is 11.8 Å². The van der Waals surface area contributed by atoms with E-state index in [1.165, 1.54) is 6.42 Å². The van der Waals surface area contributed by atoms with E-state index in [-0.39, 0.29) is 6.04 Å². The zero-order valence-electron chi connectivity index (χ0n) is 10.2. The maximum Gasteiger partial charge on any atom is 0.114 e. The summed E-state index contributed by atoms with van der Waals surface area (Å²) in [7, 11) is 0. The first kappa shape index (κ1) is 11.2. The second kappa shape index (κ2) is 3.93. The van der Waals surface area contributed by atoms with Crippen molar-refractivity contribution in [2.75, 3.05) is 0 Å². The summed E-state index contributed by atoms with van der Waals surface area (Å²) in [5.74, 6) is 0.919. The van der Waals surface area contributed by atoms with Crippen LogP contribution in [0.15, 0.2) is 23.4 Å². The van der Waals surface area contributed by atoms with Crippen molar-refractivity contribution in [1.82, 2.24) is 15.0 Å². The summed E-state index contributed by atoms with van der Waals surface area (Å²) >= 11 is 5.97. The quantitative estimate of drug-likeness (QED) is 0.643. The van der Waals surface area contributed by atoms with Gasteiger partial charge in [0, 0.05) is 10.9 Å². The van der Waals surface area contributed by atoms with Crippen molar-refractivity contribution in [1.29, 1.82) is 0 Å². The lowest BCUT2D eigenvalue weighted by atomic mass is 9.93. The lowest BCUT2D eigenvalue weighted by molar-refractivity contribution is 0.305. The van der Waals surface area contributed by atoms with Crippen LogP contribution in [0.4, 0.5) is 0 Å². The van der Waals surface area contributed by atoms with Crippen LogP contribution >= 0.6 is 11.6 Å². The Labute approximate surface area is 114 Å².